The van der Waals surface area contributed by atoms with E-state index >= 15 is 0 Å². The second kappa shape index (κ2) is 20.4. The van der Waals surface area contributed by atoms with E-state index in [1.54, 1.807) is 6.07 Å². The first-order chi connectivity index (χ1) is 27.5. The molecular weight excluding hydrogens is 722 g/mol. The maximum Gasteiger partial charge on any atom is 0.290 e. The van der Waals surface area contributed by atoms with Crippen molar-refractivity contribution >= 4 is 35.1 Å². The fourth-order valence-corrected chi connectivity index (χ4v) is 6.69. The van der Waals surface area contributed by atoms with Crippen molar-refractivity contribution in [3.8, 4) is 11.1 Å². The molecule has 0 saturated carbocycles. The quantitative estimate of drug-likeness (QED) is 0.0832. The molecule has 0 aromatic heterocycles. The van der Waals surface area contributed by atoms with Crippen LogP contribution in [0.4, 0.5) is 4.39 Å². The second-order valence-electron chi connectivity index (χ2n) is 14.2. The third-order valence-electron chi connectivity index (χ3n) is 9.86. The Kier molecular flexibility index (Phi) is 14.9. The van der Waals surface area contributed by atoms with Crippen LogP contribution in [0.15, 0.2) is 140 Å². The number of hydrogen-bond donors (Lipinski definition) is 3. The van der Waals surface area contributed by atoms with E-state index < -0.39 is 59.0 Å². The molecule has 3 amide bonds. The Morgan fingerprint density at radius 3 is 1.72 bits per heavy atom. The first kappa shape index (κ1) is 41.6. The number of benzene rings is 5. The summed E-state index contributed by atoms with van der Waals surface area (Å²) in [5.41, 5.74) is 10.2. The van der Waals surface area contributed by atoms with Gasteiger partial charge in [-0.1, -0.05) is 133 Å². The highest BCUT2D eigenvalue weighted by Crippen LogP contribution is 2.22. The van der Waals surface area contributed by atoms with Crippen LogP contribution in [-0.2, 0) is 54.5 Å². The number of hydrogen-bond acceptors (Lipinski definition) is 6. The monoisotopic (exact) mass is 767 g/mol. The van der Waals surface area contributed by atoms with Crippen molar-refractivity contribution in [2.75, 3.05) is 0 Å². The summed E-state index contributed by atoms with van der Waals surface area (Å²) in [4.78, 5) is 80.1. The minimum Gasteiger partial charge on any atom is -0.369 e. The molecule has 0 fully saturated rings. The van der Waals surface area contributed by atoms with Gasteiger partial charge in [0.25, 0.3) is 5.91 Å². The molecule has 0 aliphatic heterocycles. The Bertz CT molecular complexity index is 2160. The van der Waals surface area contributed by atoms with Crippen LogP contribution >= 0.6 is 0 Å². The summed E-state index contributed by atoms with van der Waals surface area (Å²) in [5, 5.41) is 5.04. The summed E-state index contributed by atoms with van der Waals surface area (Å²) >= 11 is 0. The van der Waals surface area contributed by atoms with Gasteiger partial charge in [0.05, 0.1) is 12.1 Å². The van der Waals surface area contributed by atoms with Crippen molar-refractivity contribution in [1.82, 2.24) is 10.6 Å². The fraction of sp³-hybridized carbons (Fsp3) is 0.234. The molecule has 0 saturated heterocycles. The van der Waals surface area contributed by atoms with Crippen LogP contribution in [0.25, 0.3) is 11.1 Å². The molecule has 0 spiro atoms. The number of amides is 3. The van der Waals surface area contributed by atoms with Gasteiger partial charge in [0.15, 0.2) is 5.78 Å². The Morgan fingerprint density at radius 1 is 0.579 bits per heavy atom. The van der Waals surface area contributed by atoms with E-state index in [1.165, 1.54) is 25.1 Å². The molecule has 57 heavy (non-hydrogen) atoms. The van der Waals surface area contributed by atoms with E-state index in [2.05, 4.69) is 10.6 Å². The Labute approximate surface area is 331 Å². The number of carbonyl (C=O) groups excluding carboxylic acids is 6. The van der Waals surface area contributed by atoms with Crippen molar-refractivity contribution in [2.24, 2.45) is 17.6 Å². The highest BCUT2D eigenvalue weighted by molar-refractivity contribution is 6.38. The van der Waals surface area contributed by atoms with Gasteiger partial charge >= 0.3 is 0 Å². The van der Waals surface area contributed by atoms with Crippen LogP contribution in [0.1, 0.15) is 42.0 Å². The maximum atomic E-state index is 14.8. The highest BCUT2D eigenvalue weighted by atomic mass is 19.1. The van der Waals surface area contributed by atoms with E-state index in [-0.39, 0.29) is 49.9 Å². The van der Waals surface area contributed by atoms with Crippen molar-refractivity contribution in [3.05, 3.63) is 168 Å². The molecule has 10 heteroatoms. The number of ketones is 3. The van der Waals surface area contributed by atoms with E-state index in [0.29, 0.717) is 0 Å². The molecule has 5 rings (SSSR count). The van der Waals surface area contributed by atoms with Crippen LogP contribution in [0.3, 0.4) is 0 Å². The molecule has 0 aliphatic rings. The van der Waals surface area contributed by atoms with Gasteiger partial charge in [0.1, 0.15) is 11.6 Å². The lowest BCUT2D eigenvalue weighted by molar-refractivity contribution is -0.141. The van der Waals surface area contributed by atoms with Gasteiger partial charge in [0, 0.05) is 37.5 Å². The molecule has 4 N–H and O–H groups in total. The minimum absolute atomic E-state index is 0.0971. The van der Waals surface area contributed by atoms with Gasteiger partial charge in [-0.3, -0.25) is 28.8 Å². The maximum absolute atomic E-state index is 14.8. The van der Waals surface area contributed by atoms with Gasteiger partial charge in [-0.05, 0) is 59.2 Å². The standard InChI is InChI=1S/C47H46FN3O6/c1-31(50-46(56)39(26-32-13-5-2-6-14-32)28-40(52)27-33-15-7-3-8-16-33)44(54)47(57)51-42(29-37-19-11-12-20-41(37)48)43(53)30-38(45(49)55)25-34-21-23-36(24-22-34)35-17-9-4-10-18-35/h2-24,31,38-39,42H,25-30H2,1H3,(H2,49,55)(H,50,56)(H,51,57). The summed E-state index contributed by atoms with van der Waals surface area (Å²) in [5.74, 6) is -6.74. The molecule has 0 radical (unpaired) electrons. The molecule has 0 bridgehead atoms. The van der Waals surface area contributed by atoms with Crippen molar-refractivity contribution < 1.29 is 33.2 Å². The summed E-state index contributed by atoms with van der Waals surface area (Å²) < 4.78 is 14.8. The highest BCUT2D eigenvalue weighted by Gasteiger charge is 2.32. The molecule has 5 aromatic rings. The van der Waals surface area contributed by atoms with Gasteiger partial charge in [0.2, 0.25) is 17.6 Å². The molecule has 4 atom stereocenters. The molecule has 292 valence electrons. The Hall–Kier alpha value is -6.55. The predicted molar refractivity (Wildman–Crippen MR) is 216 cm³/mol. The Morgan fingerprint density at radius 2 is 1.11 bits per heavy atom. The largest absolute Gasteiger partial charge is 0.369 e. The lowest BCUT2D eigenvalue weighted by Gasteiger charge is -2.22. The SMILES string of the molecule is CC(NC(=O)C(CC(=O)Cc1ccccc1)Cc1ccccc1)C(=O)C(=O)NC(Cc1ccccc1F)C(=O)CC(Cc1ccc(-c2ccccc2)cc1)C(N)=O. The zero-order valence-corrected chi connectivity index (χ0v) is 31.7. The van der Waals surface area contributed by atoms with Gasteiger partial charge in [-0.15, -0.1) is 0 Å². The van der Waals surface area contributed by atoms with Gasteiger partial charge in [-0.2, -0.15) is 0 Å². The van der Waals surface area contributed by atoms with E-state index in [0.717, 1.165) is 27.8 Å². The van der Waals surface area contributed by atoms with Crippen LogP contribution < -0.4 is 16.4 Å². The zero-order valence-electron chi connectivity index (χ0n) is 31.7. The molecule has 0 aliphatic carbocycles. The van der Waals surface area contributed by atoms with Gasteiger partial charge < -0.3 is 16.4 Å². The Balaban J connectivity index is 1.27. The topological polar surface area (TPSA) is 152 Å². The number of Topliss-reactive ketones (excluding diaryl/α,β-unsaturated/α-hetero) is 3. The average molecular weight is 768 g/mol. The van der Waals surface area contributed by atoms with Crippen molar-refractivity contribution in [1.29, 1.82) is 0 Å². The third kappa shape index (κ3) is 12.5. The molecule has 4 unspecified atom stereocenters. The lowest BCUT2D eigenvalue weighted by Crippen LogP contribution is -2.52. The second-order valence-corrected chi connectivity index (χ2v) is 14.2. The van der Waals surface area contributed by atoms with Crippen LogP contribution in [0, 0.1) is 17.7 Å². The normalized spacial score (nSPS) is 13.0. The number of carbonyl (C=O) groups is 6. The number of nitrogens with two attached hydrogens (primary N) is 1. The summed E-state index contributed by atoms with van der Waals surface area (Å²) in [6.07, 6.45) is -0.293. The smallest absolute Gasteiger partial charge is 0.290 e. The third-order valence-corrected chi connectivity index (χ3v) is 9.86. The van der Waals surface area contributed by atoms with E-state index in [9.17, 15) is 33.2 Å². The molecular formula is C47H46FN3O6. The summed E-state index contributed by atoms with van der Waals surface area (Å²) in [6, 6.07) is 38.5. The fourth-order valence-electron chi connectivity index (χ4n) is 6.69. The zero-order chi connectivity index (χ0) is 40.7. The summed E-state index contributed by atoms with van der Waals surface area (Å²) in [7, 11) is 0. The summed E-state index contributed by atoms with van der Waals surface area (Å²) in [6.45, 7) is 1.34. The molecule has 5 aromatic carbocycles. The van der Waals surface area contributed by atoms with Crippen LogP contribution in [0.5, 0.6) is 0 Å². The predicted octanol–water partition coefficient (Wildman–Crippen LogP) is 5.96. The van der Waals surface area contributed by atoms with E-state index in [4.69, 9.17) is 5.73 Å². The van der Waals surface area contributed by atoms with Crippen LogP contribution in [0.2, 0.25) is 0 Å². The first-order valence-corrected chi connectivity index (χ1v) is 18.9. The first-order valence-electron chi connectivity index (χ1n) is 18.9. The number of nitrogens with one attached hydrogen (secondary N) is 2. The molecule has 0 heterocycles. The van der Waals surface area contributed by atoms with Gasteiger partial charge in [-0.25, -0.2) is 4.39 Å². The van der Waals surface area contributed by atoms with Crippen molar-refractivity contribution in [2.45, 2.75) is 57.5 Å². The molecule has 9 nitrogen and oxygen atoms in total. The minimum atomic E-state index is -1.40. The van der Waals surface area contributed by atoms with Crippen LogP contribution in [-0.4, -0.2) is 47.2 Å². The van der Waals surface area contributed by atoms with Crippen molar-refractivity contribution in [3.63, 3.8) is 0 Å². The average Bonchev–Trinajstić information content (AvgIpc) is 3.21. The number of rotatable bonds is 20. The number of halogens is 1. The lowest BCUT2D eigenvalue weighted by atomic mass is 9.89. The van der Waals surface area contributed by atoms with E-state index in [1.807, 2.05) is 115 Å². The number of primary amides is 1.